The van der Waals surface area contributed by atoms with Gasteiger partial charge in [-0.25, -0.2) is 10.4 Å². The highest BCUT2D eigenvalue weighted by atomic mass is 15.5. The Morgan fingerprint density at radius 3 is 2.44 bits per heavy atom. The minimum Gasteiger partial charge on any atom is -0.258 e. The second kappa shape index (κ2) is 5.76. The maximum atomic E-state index is 4.44. The van der Waals surface area contributed by atoms with Gasteiger partial charge in [-0.3, -0.25) is 9.97 Å². The van der Waals surface area contributed by atoms with Crippen molar-refractivity contribution in [2.75, 3.05) is 0 Å². The Bertz CT molecular complexity index is 383. The Labute approximate surface area is 110 Å². The van der Waals surface area contributed by atoms with Gasteiger partial charge in [0.05, 0.1) is 17.4 Å². The lowest BCUT2D eigenvalue weighted by atomic mass is 9.99. The first-order valence-electron chi connectivity index (χ1n) is 6.91. The number of piperidine rings is 1. The molecule has 0 saturated carbocycles. The predicted molar refractivity (Wildman–Crippen MR) is 72.9 cm³/mol. The molecule has 0 radical (unpaired) electrons. The van der Waals surface area contributed by atoms with E-state index < -0.39 is 0 Å². The quantitative estimate of drug-likeness (QED) is 0.892. The molecule has 1 saturated heterocycles. The van der Waals surface area contributed by atoms with E-state index in [9.17, 15) is 0 Å². The number of nitrogens with zero attached hydrogens (tertiary/aromatic N) is 3. The van der Waals surface area contributed by atoms with Crippen molar-refractivity contribution in [3.05, 3.63) is 23.8 Å². The second-order valence-corrected chi connectivity index (χ2v) is 5.41. The van der Waals surface area contributed by atoms with Crippen molar-refractivity contribution in [3.8, 4) is 0 Å². The van der Waals surface area contributed by atoms with E-state index >= 15 is 0 Å². The highest BCUT2D eigenvalue weighted by molar-refractivity contribution is 5.12. The van der Waals surface area contributed by atoms with Gasteiger partial charge in [0.15, 0.2) is 0 Å². The van der Waals surface area contributed by atoms with Gasteiger partial charge in [0, 0.05) is 24.5 Å². The molecule has 3 unspecified atom stereocenters. The molecule has 0 bridgehead atoms. The van der Waals surface area contributed by atoms with Crippen molar-refractivity contribution in [2.24, 2.45) is 0 Å². The molecule has 2 rings (SSSR count). The van der Waals surface area contributed by atoms with Crippen LogP contribution < -0.4 is 5.43 Å². The van der Waals surface area contributed by atoms with E-state index in [1.807, 2.05) is 6.92 Å². The zero-order valence-electron chi connectivity index (χ0n) is 11.8. The Morgan fingerprint density at radius 2 is 1.83 bits per heavy atom. The summed E-state index contributed by atoms with van der Waals surface area (Å²) in [5.41, 5.74) is 5.66. The second-order valence-electron chi connectivity index (χ2n) is 5.41. The molecule has 1 aliphatic heterocycles. The van der Waals surface area contributed by atoms with E-state index in [-0.39, 0.29) is 6.04 Å². The third kappa shape index (κ3) is 2.87. The molecule has 18 heavy (non-hydrogen) atoms. The van der Waals surface area contributed by atoms with Crippen LogP contribution in [0, 0.1) is 6.92 Å². The van der Waals surface area contributed by atoms with Crippen LogP contribution >= 0.6 is 0 Å². The van der Waals surface area contributed by atoms with Crippen LogP contribution in [0.15, 0.2) is 12.4 Å². The fourth-order valence-electron chi connectivity index (χ4n) is 2.80. The summed E-state index contributed by atoms with van der Waals surface area (Å²) in [6.45, 7) is 8.76. The van der Waals surface area contributed by atoms with Gasteiger partial charge in [0.25, 0.3) is 0 Å². The maximum absolute atomic E-state index is 4.44. The minimum atomic E-state index is 0.210. The van der Waals surface area contributed by atoms with Gasteiger partial charge in [0.2, 0.25) is 0 Å². The highest BCUT2D eigenvalue weighted by Crippen LogP contribution is 2.23. The Morgan fingerprint density at radius 1 is 1.22 bits per heavy atom. The summed E-state index contributed by atoms with van der Waals surface area (Å²) in [6, 6.07) is 1.39. The molecule has 100 valence electrons. The van der Waals surface area contributed by atoms with Gasteiger partial charge >= 0.3 is 0 Å². The maximum Gasteiger partial charge on any atom is 0.0796 e. The summed E-state index contributed by atoms with van der Waals surface area (Å²) in [6.07, 6.45) is 7.38. The summed E-state index contributed by atoms with van der Waals surface area (Å²) in [4.78, 5) is 8.75. The molecule has 1 aliphatic rings. The molecule has 0 aliphatic carbocycles. The first kappa shape index (κ1) is 13.4. The third-order valence-corrected chi connectivity index (χ3v) is 3.87. The van der Waals surface area contributed by atoms with E-state index in [1.165, 1.54) is 19.3 Å². The molecule has 2 heterocycles. The van der Waals surface area contributed by atoms with E-state index in [2.05, 4.69) is 41.2 Å². The lowest BCUT2D eigenvalue weighted by Crippen LogP contribution is -2.52. The lowest BCUT2D eigenvalue weighted by molar-refractivity contribution is 0.0312. The first-order valence-corrected chi connectivity index (χ1v) is 6.91. The fraction of sp³-hybridized carbons (Fsp3) is 0.714. The number of nitrogens with one attached hydrogen (secondary N) is 1. The average Bonchev–Trinajstić information content (AvgIpc) is 2.34. The molecule has 0 spiro atoms. The van der Waals surface area contributed by atoms with Crippen molar-refractivity contribution in [1.82, 2.24) is 20.4 Å². The van der Waals surface area contributed by atoms with Gasteiger partial charge in [-0.15, -0.1) is 0 Å². The molecule has 0 amide bonds. The molecule has 1 fully saturated rings. The lowest BCUT2D eigenvalue weighted by Gasteiger charge is -2.40. The summed E-state index contributed by atoms with van der Waals surface area (Å²) >= 11 is 0. The zero-order chi connectivity index (χ0) is 13.1. The number of aryl methyl sites for hydroxylation is 1. The van der Waals surface area contributed by atoms with E-state index in [1.54, 1.807) is 12.4 Å². The van der Waals surface area contributed by atoms with Crippen molar-refractivity contribution in [3.63, 3.8) is 0 Å². The fourth-order valence-corrected chi connectivity index (χ4v) is 2.80. The van der Waals surface area contributed by atoms with Crippen molar-refractivity contribution in [2.45, 2.75) is 65.1 Å². The van der Waals surface area contributed by atoms with Crippen LogP contribution in [-0.2, 0) is 0 Å². The van der Waals surface area contributed by atoms with E-state index in [4.69, 9.17) is 0 Å². The van der Waals surface area contributed by atoms with Crippen LogP contribution in [0.2, 0.25) is 0 Å². The molecular formula is C14H24N4. The Balaban J connectivity index is 2.06. The predicted octanol–water partition coefficient (Wildman–Crippen LogP) is 2.61. The topological polar surface area (TPSA) is 41.1 Å². The van der Waals surface area contributed by atoms with Crippen LogP contribution in [0.3, 0.4) is 0 Å². The molecule has 1 N–H and O–H groups in total. The molecular weight excluding hydrogens is 224 g/mol. The van der Waals surface area contributed by atoms with E-state index in [0.29, 0.717) is 12.1 Å². The SMILES string of the molecule is Cc1nccnc1C(C)NN1C(C)CCCC1C. The zero-order valence-corrected chi connectivity index (χ0v) is 11.8. The normalized spacial score (nSPS) is 27.1. The number of hydrogen-bond donors (Lipinski definition) is 1. The van der Waals surface area contributed by atoms with Gasteiger partial charge in [0.1, 0.15) is 0 Å². The largest absolute Gasteiger partial charge is 0.258 e. The number of rotatable bonds is 3. The minimum absolute atomic E-state index is 0.210. The van der Waals surface area contributed by atoms with Crippen molar-refractivity contribution >= 4 is 0 Å². The van der Waals surface area contributed by atoms with Crippen molar-refractivity contribution < 1.29 is 0 Å². The molecule has 0 aromatic carbocycles. The van der Waals surface area contributed by atoms with Crippen LogP contribution in [0.1, 0.15) is 57.5 Å². The third-order valence-electron chi connectivity index (χ3n) is 3.87. The van der Waals surface area contributed by atoms with Gasteiger partial charge < -0.3 is 0 Å². The molecule has 4 heteroatoms. The molecule has 3 atom stereocenters. The monoisotopic (exact) mass is 248 g/mol. The number of hydrogen-bond acceptors (Lipinski definition) is 4. The standard InChI is InChI=1S/C14H24N4/c1-10-6-5-7-11(2)18(10)17-13(4)14-12(3)15-8-9-16-14/h8-11,13,17H,5-7H2,1-4H3. The first-order chi connectivity index (χ1) is 8.59. The van der Waals surface area contributed by atoms with Crippen LogP contribution in [-0.4, -0.2) is 27.1 Å². The smallest absolute Gasteiger partial charge is 0.0796 e. The molecule has 1 aromatic heterocycles. The highest BCUT2D eigenvalue weighted by Gasteiger charge is 2.26. The van der Waals surface area contributed by atoms with Gasteiger partial charge in [-0.1, -0.05) is 6.42 Å². The Hall–Kier alpha value is -1.00. The van der Waals surface area contributed by atoms with Crippen LogP contribution in [0.4, 0.5) is 0 Å². The van der Waals surface area contributed by atoms with Gasteiger partial charge in [-0.05, 0) is 40.5 Å². The van der Waals surface area contributed by atoms with E-state index in [0.717, 1.165) is 11.4 Å². The summed E-state index contributed by atoms with van der Waals surface area (Å²) < 4.78 is 0. The van der Waals surface area contributed by atoms with Crippen LogP contribution in [0.25, 0.3) is 0 Å². The molecule has 1 aromatic rings. The van der Waals surface area contributed by atoms with Crippen LogP contribution in [0.5, 0.6) is 0 Å². The molecule has 4 nitrogen and oxygen atoms in total. The number of hydrazine groups is 1. The number of aromatic nitrogens is 2. The van der Waals surface area contributed by atoms with Crippen molar-refractivity contribution in [1.29, 1.82) is 0 Å². The summed E-state index contributed by atoms with van der Waals surface area (Å²) in [5.74, 6) is 0. The average molecular weight is 248 g/mol. The summed E-state index contributed by atoms with van der Waals surface area (Å²) in [5, 5.41) is 2.39. The van der Waals surface area contributed by atoms with Gasteiger partial charge in [-0.2, -0.15) is 0 Å². The summed E-state index contributed by atoms with van der Waals surface area (Å²) in [7, 11) is 0. The Kier molecular flexibility index (Phi) is 4.30.